The molecule has 168 valence electrons. The molecule has 0 aromatic heterocycles. The number of nitrogens with one attached hydrogen (secondary N) is 3. The van der Waals surface area contributed by atoms with Crippen LogP contribution < -0.4 is 15.4 Å². The van der Waals surface area contributed by atoms with E-state index < -0.39 is 15.3 Å². The summed E-state index contributed by atoms with van der Waals surface area (Å²) >= 11 is 0. The number of rotatable bonds is 7. The van der Waals surface area contributed by atoms with Crippen molar-refractivity contribution in [3.8, 4) is 0 Å². The molecule has 0 radical (unpaired) electrons. The maximum atomic E-state index is 12.8. The minimum atomic E-state index is -3.30. The fourth-order valence-corrected chi connectivity index (χ4v) is 4.68. The third kappa shape index (κ3) is 6.28. The molecule has 0 heterocycles. The lowest BCUT2D eigenvalue weighted by Crippen LogP contribution is -2.42. The summed E-state index contributed by atoms with van der Waals surface area (Å²) < 4.78 is 26.8. The summed E-state index contributed by atoms with van der Waals surface area (Å²) in [5, 5.41) is 5.44. The Labute approximate surface area is 180 Å². The van der Waals surface area contributed by atoms with Crippen molar-refractivity contribution in [3.63, 3.8) is 0 Å². The molecule has 0 atom stereocenters. The normalized spacial score (nSPS) is 19.7. The zero-order chi connectivity index (χ0) is 22.6. The number of hydrogen-bond acceptors (Lipinski definition) is 4. The number of benzene rings is 1. The van der Waals surface area contributed by atoms with Crippen molar-refractivity contribution in [2.75, 3.05) is 5.32 Å². The lowest BCUT2D eigenvalue weighted by atomic mass is 9.85. The highest BCUT2D eigenvalue weighted by Crippen LogP contribution is 2.28. The summed E-state index contributed by atoms with van der Waals surface area (Å²) in [4.78, 5) is 25.1. The second-order valence-corrected chi connectivity index (χ2v) is 11.1. The van der Waals surface area contributed by atoms with Gasteiger partial charge in [0, 0.05) is 29.3 Å². The van der Waals surface area contributed by atoms with Crippen LogP contribution in [-0.4, -0.2) is 37.6 Å². The number of hydrogen-bond donors (Lipinski definition) is 3. The number of carbonyl (C=O) groups is 2. The Kier molecular flexibility index (Phi) is 8.05. The standard InChI is InChI=1S/C22H35N3O4S/c1-13(2)23-22(27)18-11-15(5)20(16(6)12-18)24-21(26)17-7-9-19(10-8-17)25-30(28,29)14(3)4/h11-14,17,19,25H,7-10H2,1-6H3,(H,23,27)(H,24,26). The minimum Gasteiger partial charge on any atom is -0.350 e. The van der Waals surface area contributed by atoms with Gasteiger partial charge in [-0.05, 0) is 90.5 Å². The van der Waals surface area contributed by atoms with Crippen LogP contribution in [0, 0.1) is 19.8 Å². The molecule has 1 aromatic carbocycles. The highest BCUT2D eigenvalue weighted by atomic mass is 32.2. The maximum Gasteiger partial charge on any atom is 0.251 e. The van der Waals surface area contributed by atoms with Crippen molar-refractivity contribution in [1.29, 1.82) is 0 Å². The molecule has 7 nitrogen and oxygen atoms in total. The van der Waals surface area contributed by atoms with E-state index in [1.165, 1.54) is 0 Å². The zero-order valence-electron chi connectivity index (χ0n) is 18.8. The summed E-state index contributed by atoms with van der Waals surface area (Å²) in [7, 11) is -3.30. The molecule has 0 spiro atoms. The van der Waals surface area contributed by atoms with Gasteiger partial charge in [-0.1, -0.05) is 0 Å². The number of anilines is 1. The molecule has 8 heteroatoms. The average molecular weight is 438 g/mol. The van der Waals surface area contributed by atoms with E-state index in [0.717, 1.165) is 16.8 Å². The lowest BCUT2D eigenvalue weighted by molar-refractivity contribution is -0.120. The van der Waals surface area contributed by atoms with Crippen LogP contribution in [0.5, 0.6) is 0 Å². The molecule has 3 N–H and O–H groups in total. The Morgan fingerprint density at radius 2 is 1.50 bits per heavy atom. The van der Waals surface area contributed by atoms with Gasteiger partial charge >= 0.3 is 0 Å². The third-order valence-electron chi connectivity index (χ3n) is 5.51. The van der Waals surface area contributed by atoms with Gasteiger partial charge in [0.05, 0.1) is 5.25 Å². The molecule has 1 fully saturated rings. The number of aryl methyl sites for hydroxylation is 2. The predicted molar refractivity (Wildman–Crippen MR) is 120 cm³/mol. The van der Waals surface area contributed by atoms with Crippen molar-refractivity contribution in [2.24, 2.45) is 5.92 Å². The second kappa shape index (κ2) is 9.92. The van der Waals surface area contributed by atoms with Crippen molar-refractivity contribution < 1.29 is 18.0 Å². The van der Waals surface area contributed by atoms with E-state index in [9.17, 15) is 18.0 Å². The van der Waals surface area contributed by atoms with E-state index in [-0.39, 0.29) is 29.8 Å². The first-order chi connectivity index (χ1) is 13.9. The van der Waals surface area contributed by atoms with Gasteiger partial charge in [-0.2, -0.15) is 0 Å². The van der Waals surface area contributed by atoms with Gasteiger partial charge in [-0.25, -0.2) is 13.1 Å². The zero-order valence-corrected chi connectivity index (χ0v) is 19.7. The van der Waals surface area contributed by atoms with Crippen LogP contribution >= 0.6 is 0 Å². The monoisotopic (exact) mass is 437 g/mol. The summed E-state index contributed by atoms with van der Waals surface area (Å²) in [5.41, 5.74) is 3.00. The van der Waals surface area contributed by atoms with Crippen molar-refractivity contribution in [1.82, 2.24) is 10.0 Å². The molecular weight excluding hydrogens is 402 g/mol. The van der Waals surface area contributed by atoms with E-state index >= 15 is 0 Å². The first-order valence-corrected chi connectivity index (χ1v) is 12.2. The van der Waals surface area contributed by atoms with E-state index in [4.69, 9.17) is 0 Å². The summed E-state index contributed by atoms with van der Waals surface area (Å²) in [6.45, 7) is 10.9. The number of carbonyl (C=O) groups excluding carboxylic acids is 2. The maximum absolute atomic E-state index is 12.8. The van der Waals surface area contributed by atoms with Crippen molar-refractivity contribution in [2.45, 2.75) is 84.6 Å². The Bertz CT molecular complexity index is 863. The van der Waals surface area contributed by atoms with Crippen LogP contribution in [-0.2, 0) is 14.8 Å². The molecule has 30 heavy (non-hydrogen) atoms. The second-order valence-electron chi connectivity index (χ2n) is 8.86. The molecule has 2 amide bonds. The van der Waals surface area contributed by atoms with E-state index in [1.54, 1.807) is 26.0 Å². The highest BCUT2D eigenvalue weighted by molar-refractivity contribution is 7.90. The van der Waals surface area contributed by atoms with Gasteiger partial charge in [0.15, 0.2) is 0 Å². The smallest absolute Gasteiger partial charge is 0.251 e. The van der Waals surface area contributed by atoms with Gasteiger partial charge in [0.25, 0.3) is 5.91 Å². The predicted octanol–water partition coefficient (Wildman–Crippen LogP) is 3.27. The highest BCUT2D eigenvalue weighted by Gasteiger charge is 2.30. The van der Waals surface area contributed by atoms with E-state index in [0.29, 0.717) is 31.2 Å². The van der Waals surface area contributed by atoms with Gasteiger partial charge < -0.3 is 10.6 Å². The minimum absolute atomic E-state index is 0.0502. The van der Waals surface area contributed by atoms with Crippen LogP contribution in [0.15, 0.2) is 12.1 Å². The summed E-state index contributed by atoms with van der Waals surface area (Å²) in [6.07, 6.45) is 2.58. The largest absolute Gasteiger partial charge is 0.350 e. The molecule has 1 aromatic rings. The van der Waals surface area contributed by atoms with Gasteiger partial charge in [0.1, 0.15) is 0 Å². The van der Waals surface area contributed by atoms with E-state index in [1.807, 2.05) is 27.7 Å². The molecular formula is C22H35N3O4S. The summed E-state index contributed by atoms with van der Waals surface area (Å²) in [6, 6.07) is 3.52. The molecule has 0 bridgehead atoms. The fourth-order valence-electron chi connectivity index (χ4n) is 3.70. The van der Waals surface area contributed by atoms with E-state index in [2.05, 4.69) is 15.4 Å². The Hall–Kier alpha value is -1.93. The Morgan fingerprint density at radius 3 is 1.97 bits per heavy atom. The molecule has 2 rings (SSSR count). The topological polar surface area (TPSA) is 104 Å². The van der Waals surface area contributed by atoms with Crippen LogP contribution in [0.1, 0.15) is 74.9 Å². The Morgan fingerprint density at radius 1 is 0.967 bits per heavy atom. The van der Waals surface area contributed by atoms with Crippen molar-refractivity contribution in [3.05, 3.63) is 28.8 Å². The Balaban J connectivity index is 1.99. The number of amides is 2. The molecule has 1 saturated carbocycles. The summed E-state index contributed by atoms with van der Waals surface area (Å²) in [5.74, 6) is -0.325. The average Bonchev–Trinajstić information content (AvgIpc) is 2.64. The van der Waals surface area contributed by atoms with Crippen molar-refractivity contribution >= 4 is 27.5 Å². The SMILES string of the molecule is Cc1cc(C(=O)NC(C)C)cc(C)c1NC(=O)C1CCC(NS(=O)(=O)C(C)C)CC1. The first-order valence-electron chi connectivity index (χ1n) is 10.6. The van der Waals surface area contributed by atoms with Crippen LogP contribution in [0.2, 0.25) is 0 Å². The molecule has 1 aliphatic rings. The quantitative estimate of drug-likeness (QED) is 0.609. The fraction of sp³-hybridized carbons (Fsp3) is 0.636. The van der Waals surface area contributed by atoms with Crippen LogP contribution in [0.3, 0.4) is 0 Å². The lowest BCUT2D eigenvalue weighted by Gasteiger charge is -2.29. The van der Waals surface area contributed by atoms with Crippen LogP contribution in [0.25, 0.3) is 0 Å². The first kappa shape index (κ1) is 24.3. The molecule has 0 aliphatic heterocycles. The van der Waals surface area contributed by atoms with Gasteiger partial charge in [-0.3, -0.25) is 9.59 Å². The third-order valence-corrected chi connectivity index (χ3v) is 7.42. The molecule has 1 aliphatic carbocycles. The molecule has 0 unspecified atom stereocenters. The van der Waals surface area contributed by atoms with Crippen LogP contribution in [0.4, 0.5) is 5.69 Å². The molecule has 0 saturated heterocycles. The number of sulfonamides is 1. The van der Waals surface area contributed by atoms with Gasteiger partial charge in [-0.15, -0.1) is 0 Å². The van der Waals surface area contributed by atoms with Gasteiger partial charge in [0.2, 0.25) is 15.9 Å².